The van der Waals surface area contributed by atoms with E-state index < -0.39 is 17.9 Å². The molecule has 0 fully saturated rings. The van der Waals surface area contributed by atoms with E-state index in [0.29, 0.717) is 6.42 Å². The minimum Gasteiger partial charge on any atom is -0.368 e. The Kier molecular flexibility index (Phi) is 5.02. The lowest BCUT2D eigenvalue weighted by Gasteiger charge is -2.18. The minimum absolute atomic E-state index is 0.184. The van der Waals surface area contributed by atoms with Crippen LogP contribution >= 0.6 is 0 Å². The van der Waals surface area contributed by atoms with Gasteiger partial charge in [0.05, 0.1) is 6.04 Å². The van der Waals surface area contributed by atoms with E-state index in [1.807, 2.05) is 31.2 Å². The number of nitrogens with one attached hydrogen (secondary N) is 1. The number of hydrogen-bond donors (Lipinski definition) is 2. The van der Waals surface area contributed by atoms with Gasteiger partial charge in [-0.1, -0.05) is 38.1 Å². The van der Waals surface area contributed by atoms with Crippen molar-refractivity contribution in [3.05, 3.63) is 41.2 Å². The number of aromatic nitrogens is 3. The van der Waals surface area contributed by atoms with E-state index in [1.54, 1.807) is 0 Å². The second-order valence-corrected chi connectivity index (χ2v) is 5.04. The number of aryl methyl sites for hydroxylation is 1. The minimum atomic E-state index is -4.67. The Morgan fingerprint density at radius 2 is 1.74 bits per heavy atom. The molecule has 2 aromatic rings. The lowest BCUT2D eigenvalue weighted by Crippen LogP contribution is -2.18. The fourth-order valence-corrected chi connectivity index (χ4v) is 2.15. The average molecular weight is 325 g/mol. The molecule has 0 aliphatic heterocycles. The molecule has 0 amide bonds. The van der Waals surface area contributed by atoms with Gasteiger partial charge in [-0.2, -0.15) is 28.1 Å². The molecule has 23 heavy (non-hydrogen) atoms. The molecule has 0 bridgehead atoms. The SMILES string of the molecule is CCc1ccc(C(CC)Nc2nc(N)nc(C(F)(F)F)n2)cc1. The quantitative estimate of drug-likeness (QED) is 0.878. The van der Waals surface area contributed by atoms with E-state index in [1.165, 1.54) is 5.56 Å². The molecule has 0 aliphatic carbocycles. The topological polar surface area (TPSA) is 76.7 Å². The van der Waals surface area contributed by atoms with Crippen molar-refractivity contribution in [3.8, 4) is 0 Å². The molecule has 0 saturated carbocycles. The van der Waals surface area contributed by atoms with Crippen molar-refractivity contribution in [2.75, 3.05) is 11.1 Å². The number of alkyl halides is 3. The summed E-state index contributed by atoms with van der Waals surface area (Å²) in [5, 5.41) is 2.89. The molecule has 0 aliphatic rings. The van der Waals surface area contributed by atoms with Crippen LogP contribution in [0.3, 0.4) is 0 Å². The Morgan fingerprint density at radius 1 is 1.09 bits per heavy atom. The number of benzene rings is 1. The number of nitrogen functional groups attached to an aromatic ring is 1. The van der Waals surface area contributed by atoms with Crippen molar-refractivity contribution < 1.29 is 13.2 Å². The maximum Gasteiger partial charge on any atom is 0.451 e. The molecule has 0 spiro atoms. The van der Waals surface area contributed by atoms with Crippen molar-refractivity contribution in [1.82, 2.24) is 15.0 Å². The zero-order chi connectivity index (χ0) is 17.0. The molecular weight excluding hydrogens is 307 g/mol. The van der Waals surface area contributed by atoms with Crippen molar-refractivity contribution in [3.63, 3.8) is 0 Å². The van der Waals surface area contributed by atoms with E-state index in [2.05, 4.69) is 27.2 Å². The Labute approximate surface area is 132 Å². The van der Waals surface area contributed by atoms with Gasteiger partial charge in [-0.15, -0.1) is 0 Å². The highest BCUT2D eigenvalue weighted by atomic mass is 19.4. The summed E-state index contributed by atoms with van der Waals surface area (Å²) in [4.78, 5) is 10.3. The maximum absolute atomic E-state index is 12.7. The maximum atomic E-state index is 12.7. The summed E-state index contributed by atoms with van der Waals surface area (Å²) in [5.41, 5.74) is 7.48. The fraction of sp³-hybridized carbons (Fsp3) is 0.400. The molecular formula is C15H18F3N5. The summed E-state index contributed by atoms with van der Waals surface area (Å²) >= 11 is 0. The summed E-state index contributed by atoms with van der Waals surface area (Å²) in [5.74, 6) is -1.95. The van der Waals surface area contributed by atoms with Crippen LogP contribution in [-0.4, -0.2) is 15.0 Å². The number of halogens is 3. The first kappa shape index (κ1) is 17.0. The third kappa shape index (κ3) is 4.30. The van der Waals surface area contributed by atoms with Gasteiger partial charge in [0.15, 0.2) is 0 Å². The van der Waals surface area contributed by atoms with Gasteiger partial charge < -0.3 is 11.1 Å². The highest BCUT2D eigenvalue weighted by Gasteiger charge is 2.35. The molecule has 1 unspecified atom stereocenters. The molecule has 0 radical (unpaired) electrons. The predicted octanol–water partition coefficient (Wildman–Crippen LogP) is 3.60. The third-order valence-electron chi connectivity index (χ3n) is 3.41. The van der Waals surface area contributed by atoms with Gasteiger partial charge in [0.2, 0.25) is 17.7 Å². The first-order valence-electron chi connectivity index (χ1n) is 7.27. The van der Waals surface area contributed by atoms with Crippen LogP contribution in [0.4, 0.5) is 25.1 Å². The second kappa shape index (κ2) is 6.80. The smallest absolute Gasteiger partial charge is 0.368 e. The third-order valence-corrected chi connectivity index (χ3v) is 3.41. The van der Waals surface area contributed by atoms with Crippen LogP contribution in [0.15, 0.2) is 24.3 Å². The van der Waals surface area contributed by atoms with E-state index >= 15 is 0 Å². The van der Waals surface area contributed by atoms with Crippen molar-refractivity contribution in [2.24, 2.45) is 0 Å². The van der Waals surface area contributed by atoms with Gasteiger partial charge in [-0.05, 0) is 24.0 Å². The number of anilines is 2. The van der Waals surface area contributed by atoms with Gasteiger partial charge in [-0.3, -0.25) is 0 Å². The van der Waals surface area contributed by atoms with E-state index in [4.69, 9.17) is 5.73 Å². The molecule has 1 atom stereocenters. The van der Waals surface area contributed by atoms with Crippen LogP contribution < -0.4 is 11.1 Å². The highest BCUT2D eigenvalue weighted by Crippen LogP contribution is 2.28. The predicted molar refractivity (Wildman–Crippen MR) is 81.7 cm³/mol. The standard InChI is InChI=1S/C15H18F3N5/c1-3-9-5-7-10(8-6-9)11(4-2)20-14-22-12(15(16,17)18)21-13(19)23-14/h5-8,11H,3-4H2,1-2H3,(H3,19,20,21,22,23). The van der Waals surface area contributed by atoms with Gasteiger partial charge in [-0.25, -0.2) is 0 Å². The van der Waals surface area contributed by atoms with Crippen LogP contribution in [0.1, 0.15) is 43.3 Å². The lowest BCUT2D eigenvalue weighted by molar-refractivity contribution is -0.144. The van der Waals surface area contributed by atoms with Crippen LogP contribution in [0.5, 0.6) is 0 Å². The second-order valence-electron chi connectivity index (χ2n) is 5.04. The van der Waals surface area contributed by atoms with E-state index in [9.17, 15) is 13.2 Å². The molecule has 1 aromatic carbocycles. The summed E-state index contributed by atoms with van der Waals surface area (Å²) in [7, 11) is 0. The first-order valence-corrected chi connectivity index (χ1v) is 7.27. The number of nitrogens with zero attached hydrogens (tertiary/aromatic N) is 3. The monoisotopic (exact) mass is 325 g/mol. The van der Waals surface area contributed by atoms with Crippen molar-refractivity contribution in [2.45, 2.75) is 38.9 Å². The lowest BCUT2D eigenvalue weighted by atomic mass is 10.0. The van der Waals surface area contributed by atoms with Crippen LogP contribution in [0.2, 0.25) is 0 Å². The molecule has 3 N–H and O–H groups in total. The zero-order valence-electron chi connectivity index (χ0n) is 12.9. The number of rotatable bonds is 5. The van der Waals surface area contributed by atoms with Gasteiger partial charge in [0.25, 0.3) is 0 Å². The molecule has 2 rings (SSSR count). The van der Waals surface area contributed by atoms with Gasteiger partial charge in [0.1, 0.15) is 0 Å². The van der Waals surface area contributed by atoms with Crippen LogP contribution in [0, 0.1) is 0 Å². The molecule has 1 aromatic heterocycles. The Morgan fingerprint density at radius 3 is 2.26 bits per heavy atom. The molecule has 1 heterocycles. The number of nitrogens with two attached hydrogens (primary N) is 1. The Balaban J connectivity index is 2.26. The van der Waals surface area contributed by atoms with E-state index in [0.717, 1.165) is 12.0 Å². The summed E-state index contributed by atoms with van der Waals surface area (Å²) in [6.45, 7) is 3.97. The highest BCUT2D eigenvalue weighted by molar-refractivity contribution is 5.36. The van der Waals surface area contributed by atoms with E-state index in [-0.39, 0.29) is 12.0 Å². The summed E-state index contributed by atoms with van der Waals surface area (Å²) < 4.78 is 38.2. The molecule has 8 heteroatoms. The zero-order valence-corrected chi connectivity index (χ0v) is 12.9. The Bertz CT molecular complexity index is 655. The Hall–Kier alpha value is -2.38. The molecule has 124 valence electrons. The van der Waals surface area contributed by atoms with Crippen molar-refractivity contribution in [1.29, 1.82) is 0 Å². The largest absolute Gasteiger partial charge is 0.451 e. The molecule has 5 nitrogen and oxygen atoms in total. The number of hydrogen-bond acceptors (Lipinski definition) is 5. The molecule has 0 saturated heterocycles. The summed E-state index contributed by atoms with van der Waals surface area (Å²) in [6.07, 6.45) is -3.10. The van der Waals surface area contributed by atoms with Crippen molar-refractivity contribution >= 4 is 11.9 Å². The average Bonchev–Trinajstić information content (AvgIpc) is 2.51. The first-order chi connectivity index (χ1) is 10.8. The van der Waals surface area contributed by atoms with Gasteiger partial charge >= 0.3 is 6.18 Å². The van der Waals surface area contributed by atoms with Gasteiger partial charge in [0, 0.05) is 0 Å². The fourth-order valence-electron chi connectivity index (χ4n) is 2.15. The van der Waals surface area contributed by atoms with Crippen LogP contribution in [0.25, 0.3) is 0 Å². The normalized spacial score (nSPS) is 12.9. The van der Waals surface area contributed by atoms with Crippen LogP contribution in [-0.2, 0) is 12.6 Å². The summed E-state index contributed by atoms with van der Waals surface area (Å²) in [6, 6.07) is 7.64.